The molecule has 11 nitrogen and oxygen atoms in total. The summed E-state index contributed by atoms with van der Waals surface area (Å²) in [6, 6.07) is 11.9. The molecule has 0 fully saturated rings. The van der Waals surface area contributed by atoms with Gasteiger partial charge in [0.1, 0.15) is 11.8 Å². The maximum absolute atomic E-state index is 13.5. The molecule has 0 aliphatic carbocycles. The van der Waals surface area contributed by atoms with Gasteiger partial charge in [0.05, 0.1) is 48.7 Å². The van der Waals surface area contributed by atoms with Crippen molar-refractivity contribution in [2.75, 3.05) is 26.1 Å². The van der Waals surface area contributed by atoms with Gasteiger partial charge in [0.2, 0.25) is 11.7 Å². The maximum atomic E-state index is 13.5. The largest absolute Gasteiger partial charge is 0.495 e. The van der Waals surface area contributed by atoms with Crippen LogP contribution in [0.4, 0.5) is 5.69 Å². The van der Waals surface area contributed by atoms with Crippen molar-refractivity contribution in [1.29, 1.82) is 5.26 Å². The number of fused-ring (bicyclic) bond motifs is 1. The molecule has 1 amide bonds. The van der Waals surface area contributed by atoms with Crippen molar-refractivity contribution in [2.24, 2.45) is 0 Å². The van der Waals surface area contributed by atoms with E-state index in [1.165, 1.54) is 31.0 Å². The first kappa shape index (κ1) is 28.4. The molecule has 0 spiro atoms. The first-order valence-electron chi connectivity index (χ1n) is 12.2. The van der Waals surface area contributed by atoms with Gasteiger partial charge in [0.15, 0.2) is 0 Å². The second-order valence-corrected chi connectivity index (χ2v) is 9.15. The predicted molar refractivity (Wildman–Crippen MR) is 149 cm³/mol. The minimum Gasteiger partial charge on any atom is -0.495 e. The van der Waals surface area contributed by atoms with E-state index in [0.717, 1.165) is 0 Å². The minimum atomic E-state index is -1.09. The van der Waals surface area contributed by atoms with Crippen molar-refractivity contribution in [3.05, 3.63) is 75.4 Å². The van der Waals surface area contributed by atoms with Crippen molar-refractivity contribution in [3.8, 4) is 22.9 Å². The number of carbonyl (C=O) groups excluding carboxylic acids is 2. The number of anilines is 1. The fourth-order valence-electron chi connectivity index (χ4n) is 4.25. The molecule has 0 saturated carbocycles. The number of aromatic amines is 1. The number of ether oxygens (including phenoxy) is 3. The molecule has 0 bridgehead atoms. The van der Waals surface area contributed by atoms with E-state index < -0.39 is 29.6 Å². The Hall–Kier alpha value is -4.66. The van der Waals surface area contributed by atoms with Gasteiger partial charge < -0.3 is 24.5 Å². The summed E-state index contributed by atoms with van der Waals surface area (Å²) in [5.74, 6) is -0.819. The lowest BCUT2D eigenvalue weighted by Gasteiger charge is -2.25. The molecule has 40 heavy (non-hydrogen) atoms. The van der Waals surface area contributed by atoms with Crippen LogP contribution < -0.4 is 15.6 Å². The number of methoxy groups -OCH3 is 2. The quantitative estimate of drug-likeness (QED) is 0.286. The first-order valence-corrected chi connectivity index (χ1v) is 12.6. The number of amides is 1. The standard InChI is InChI=1S/C28H26ClN5O6/c1-5-40-28(37)26-32-21-9-8-18(11-22(21)33-26)31-27(36)25(15(2)38-3)34-14-23(39-4)20(12-24(34)35)19-10-17(29)7-6-16(19)13-30/h6-12,14-15,25H,5H2,1-4H3,(H,31,36)(H,32,33). The lowest BCUT2D eigenvalue weighted by atomic mass is 10.00. The molecule has 4 aromatic rings. The van der Waals surface area contributed by atoms with Gasteiger partial charge in [-0.2, -0.15) is 5.26 Å². The summed E-state index contributed by atoms with van der Waals surface area (Å²) in [7, 11) is 2.85. The van der Waals surface area contributed by atoms with Gasteiger partial charge in [0, 0.05) is 35.0 Å². The molecule has 206 valence electrons. The van der Waals surface area contributed by atoms with E-state index in [2.05, 4.69) is 21.4 Å². The van der Waals surface area contributed by atoms with Gasteiger partial charge in [-0.3, -0.25) is 14.2 Å². The van der Waals surface area contributed by atoms with Crippen LogP contribution in [-0.4, -0.2) is 53.3 Å². The normalized spacial score (nSPS) is 12.4. The molecule has 2 atom stereocenters. The van der Waals surface area contributed by atoms with Crippen LogP contribution in [0.2, 0.25) is 5.02 Å². The number of H-pyrrole nitrogens is 1. The molecule has 2 aromatic heterocycles. The van der Waals surface area contributed by atoms with Crippen LogP contribution in [0.15, 0.2) is 53.5 Å². The fraction of sp³-hybridized carbons (Fsp3) is 0.250. The van der Waals surface area contributed by atoms with E-state index in [0.29, 0.717) is 38.4 Å². The summed E-state index contributed by atoms with van der Waals surface area (Å²) in [6.45, 7) is 3.56. The van der Waals surface area contributed by atoms with Crippen LogP contribution in [0.1, 0.15) is 36.1 Å². The molecule has 0 aliphatic heterocycles. The van der Waals surface area contributed by atoms with E-state index >= 15 is 0 Å². The number of imidazole rings is 1. The van der Waals surface area contributed by atoms with Gasteiger partial charge in [-0.15, -0.1) is 0 Å². The number of rotatable bonds is 9. The number of halogens is 1. The SMILES string of the molecule is CCOC(=O)c1nc2ccc(NC(=O)C(C(C)OC)n3cc(OC)c(-c4cc(Cl)ccc4C#N)cc3=O)cc2[nH]1. The Morgan fingerprint density at radius 1 is 1.18 bits per heavy atom. The van der Waals surface area contributed by atoms with Crippen LogP contribution in [0.5, 0.6) is 5.75 Å². The van der Waals surface area contributed by atoms with E-state index in [-0.39, 0.29) is 18.2 Å². The van der Waals surface area contributed by atoms with Crippen molar-refractivity contribution < 1.29 is 23.8 Å². The van der Waals surface area contributed by atoms with Crippen LogP contribution in [0.3, 0.4) is 0 Å². The Balaban J connectivity index is 1.71. The van der Waals surface area contributed by atoms with Gasteiger partial charge in [-0.1, -0.05) is 11.6 Å². The molecule has 12 heteroatoms. The van der Waals surface area contributed by atoms with Crippen LogP contribution >= 0.6 is 11.6 Å². The average Bonchev–Trinajstić information content (AvgIpc) is 3.37. The molecule has 0 saturated heterocycles. The van der Waals surface area contributed by atoms with Gasteiger partial charge in [0.25, 0.3) is 5.56 Å². The van der Waals surface area contributed by atoms with Crippen molar-refractivity contribution in [1.82, 2.24) is 14.5 Å². The van der Waals surface area contributed by atoms with Crippen LogP contribution in [0.25, 0.3) is 22.2 Å². The number of nitrogens with one attached hydrogen (secondary N) is 2. The summed E-state index contributed by atoms with van der Waals surface area (Å²) in [4.78, 5) is 46.0. The summed E-state index contributed by atoms with van der Waals surface area (Å²) >= 11 is 6.15. The summed E-state index contributed by atoms with van der Waals surface area (Å²) in [5.41, 5.74) is 1.99. The zero-order chi connectivity index (χ0) is 29.0. The Morgan fingerprint density at radius 2 is 1.95 bits per heavy atom. The van der Waals surface area contributed by atoms with Crippen LogP contribution in [0, 0.1) is 11.3 Å². The number of nitriles is 1. The number of benzene rings is 2. The predicted octanol–water partition coefficient (Wildman–Crippen LogP) is 4.32. The van der Waals surface area contributed by atoms with E-state index in [1.807, 2.05) is 0 Å². The lowest BCUT2D eigenvalue weighted by molar-refractivity contribution is -0.122. The van der Waals surface area contributed by atoms with Gasteiger partial charge in [-0.05, 0) is 50.2 Å². The zero-order valence-corrected chi connectivity index (χ0v) is 22.9. The Bertz CT molecular complexity index is 1690. The Kier molecular flexibility index (Phi) is 8.52. The third-order valence-electron chi connectivity index (χ3n) is 6.26. The lowest BCUT2D eigenvalue weighted by Crippen LogP contribution is -2.39. The highest BCUT2D eigenvalue weighted by molar-refractivity contribution is 6.31. The smallest absolute Gasteiger partial charge is 0.374 e. The second-order valence-electron chi connectivity index (χ2n) is 8.72. The molecule has 2 N–H and O–H groups in total. The van der Waals surface area contributed by atoms with Crippen LogP contribution in [-0.2, 0) is 14.3 Å². The van der Waals surface area contributed by atoms with Crippen molar-refractivity contribution in [3.63, 3.8) is 0 Å². The third kappa shape index (κ3) is 5.68. The number of pyridine rings is 1. The number of aromatic nitrogens is 3. The fourth-order valence-corrected chi connectivity index (χ4v) is 4.42. The number of nitrogens with zero attached hydrogens (tertiary/aromatic N) is 3. The molecular weight excluding hydrogens is 538 g/mol. The molecule has 2 aromatic carbocycles. The zero-order valence-electron chi connectivity index (χ0n) is 22.1. The Morgan fingerprint density at radius 3 is 2.62 bits per heavy atom. The molecule has 0 aliphatic rings. The van der Waals surface area contributed by atoms with E-state index in [4.69, 9.17) is 25.8 Å². The van der Waals surface area contributed by atoms with Gasteiger partial charge in [-0.25, -0.2) is 9.78 Å². The summed E-state index contributed by atoms with van der Waals surface area (Å²) in [6.07, 6.45) is 0.684. The molecule has 4 rings (SSSR count). The van der Waals surface area contributed by atoms with Gasteiger partial charge >= 0.3 is 5.97 Å². The van der Waals surface area contributed by atoms with E-state index in [9.17, 15) is 19.6 Å². The summed E-state index contributed by atoms with van der Waals surface area (Å²) in [5, 5.41) is 12.8. The number of hydrogen-bond donors (Lipinski definition) is 2. The number of hydrogen-bond acceptors (Lipinski definition) is 8. The summed E-state index contributed by atoms with van der Waals surface area (Å²) < 4.78 is 17.2. The highest BCUT2D eigenvalue weighted by Gasteiger charge is 2.29. The molecule has 2 heterocycles. The third-order valence-corrected chi connectivity index (χ3v) is 6.49. The highest BCUT2D eigenvalue weighted by Crippen LogP contribution is 2.34. The second kappa shape index (κ2) is 12.0. The average molecular weight is 564 g/mol. The van der Waals surface area contributed by atoms with Crippen molar-refractivity contribution >= 4 is 40.2 Å². The molecule has 2 unspecified atom stereocenters. The molecular formula is C28H26ClN5O6. The Labute approximate surface area is 234 Å². The topological polar surface area (TPSA) is 148 Å². The minimum absolute atomic E-state index is 0.0456. The first-order chi connectivity index (χ1) is 19.2. The highest BCUT2D eigenvalue weighted by atomic mass is 35.5. The number of carbonyl (C=O) groups is 2. The van der Waals surface area contributed by atoms with Crippen molar-refractivity contribution in [2.45, 2.75) is 26.0 Å². The monoisotopic (exact) mass is 563 g/mol. The molecule has 0 radical (unpaired) electrons. The number of esters is 1. The van der Waals surface area contributed by atoms with E-state index in [1.54, 1.807) is 50.2 Å². The maximum Gasteiger partial charge on any atom is 0.374 e.